The van der Waals surface area contributed by atoms with Gasteiger partial charge in [-0.05, 0) is 44.4 Å². The van der Waals surface area contributed by atoms with Crippen LogP contribution in [0.3, 0.4) is 0 Å². The Bertz CT molecular complexity index is 484. The Morgan fingerprint density at radius 2 is 1.83 bits per heavy atom. The smallest absolute Gasteiger partial charge is 0.254 e. The summed E-state index contributed by atoms with van der Waals surface area (Å²) in [6.07, 6.45) is 9.14. The summed E-state index contributed by atoms with van der Waals surface area (Å²) in [6.45, 7) is 2.32. The molecule has 2 aliphatic carbocycles. The molecule has 1 N–H and O–H groups in total. The van der Waals surface area contributed by atoms with Crippen LogP contribution in [-0.4, -0.2) is 9.97 Å². The molecule has 1 aromatic heterocycles. The second-order valence-electron chi connectivity index (χ2n) is 6.04. The van der Waals surface area contributed by atoms with Gasteiger partial charge < -0.3 is 4.98 Å². The molecule has 0 aliphatic heterocycles. The molecule has 0 saturated heterocycles. The van der Waals surface area contributed by atoms with E-state index in [0.29, 0.717) is 5.92 Å². The number of aryl methyl sites for hydroxylation is 1. The number of rotatable bonds is 1. The van der Waals surface area contributed by atoms with E-state index in [-0.39, 0.29) is 5.56 Å². The number of aromatic nitrogens is 2. The summed E-state index contributed by atoms with van der Waals surface area (Å²) in [5.74, 6) is 2.29. The lowest BCUT2D eigenvalue weighted by Crippen LogP contribution is -2.25. The first-order valence-corrected chi connectivity index (χ1v) is 7.36. The molecule has 3 heteroatoms. The van der Waals surface area contributed by atoms with Gasteiger partial charge in [-0.2, -0.15) is 0 Å². The third kappa shape index (κ3) is 2.23. The fourth-order valence-corrected chi connectivity index (χ4v) is 3.35. The third-order valence-electron chi connectivity index (χ3n) is 4.61. The Labute approximate surface area is 108 Å². The molecule has 1 fully saturated rings. The Morgan fingerprint density at radius 3 is 2.61 bits per heavy atom. The van der Waals surface area contributed by atoms with Crippen molar-refractivity contribution in [2.24, 2.45) is 5.92 Å². The molecule has 1 saturated carbocycles. The van der Waals surface area contributed by atoms with Crippen LogP contribution in [0.4, 0.5) is 0 Å². The van der Waals surface area contributed by atoms with Crippen LogP contribution < -0.4 is 5.56 Å². The highest BCUT2D eigenvalue weighted by Crippen LogP contribution is 2.34. The Balaban J connectivity index is 1.89. The molecule has 0 unspecified atom stereocenters. The predicted molar refractivity (Wildman–Crippen MR) is 71.9 cm³/mol. The van der Waals surface area contributed by atoms with E-state index in [4.69, 9.17) is 4.98 Å². The first kappa shape index (κ1) is 11.9. The minimum absolute atomic E-state index is 0.133. The van der Waals surface area contributed by atoms with Crippen LogP contribution in [-0.2, 0) is 12.8 Å². The standard InChI is InChI=1S/C15H22N2O/c1-10-6-8-11(9-7-10)14-16-13-5-3-2-4-12(13)15(18)17-14/h10-11H,2-9H2,1H3,(H,16,17,18). The molecule has 1 heterocycles. The van der Waals surface area contributed by atoms with Crippen molar-refractivity contribution in [3.63, 3.8) is 0 Å². The zero-order valence-corrected chi connectivity index (χ0v) is 11.2. The highest BCUT2D eigenvalue weighted by atomic mass is 16.1. The number of fused-ring (bicyclic) bond motifs is 1. The normalized spacial score (nSPS) is 27.8. The highest BCUT2D eigenvalue weighted by molar-refractivity contribution is 5.21. The molecule has 18 heavy (non-hydrogen) atoms. The molecule has 0 aromatic carbocycles. The number of aromatic amines is 1. The van der Waals surface area contributed by atoms with Crippen LogP contribution >= 0.6 is 0 Å². The molecule has 1 aromatic rings. The lowest BCUT2D eigenvalue weighted by Gasteiger charge is -2.26. The van der Waals surface area contributed by atoms with Crippen LogP contribution in [0.1, 0.15) is 68.4 Å². The number of H-pyrrole nitrogens is 1. The number of hydrogen-bond donors (Lipinski definition) is 1. The minimum atomic E-state index is 0.133. The van der Waals surface area contributed by atoms with Gasteiger partial charge in [-0.15, -0.1) is 0 Å². The van der Waals surface area contributed by atoms with Crippen molar-refractivity contribution in [2.75, 3.05) is 0 Å². The number of nitrogens with zero attached hydrogens (tertiary/aromatic N) is 1. The fraction of sp³-hybridized carbons (Fsp3) is 0.733. The molecule has 3 rings (SSSR count). The van der Waals surface area contributed by atoms with E-state index in [1.54, 1.807) is 0 Å². The van der Waals surface area contributed by atoms with Crippen molar-refractivity contribution in [2.45, 2.75) is 64.2 Å². The summed E-state index contributed by atoms with van der Waals surface area (Å²) in [7, 11) is 0. The molecule has 0 radical (unpaired) electrons. The average Bonchev–Trinajstić information content (AvgIpc) is 2.39. The van der Waals surface area contributed by atoms with E-state index in [2.05, 4.69) is 11.9 Å². The van der Waals surface area contributed by atoms with Gasteiger partial charge in [0.05, 0.1) is 5.69 Å². The summed E-state index contributed by atoms with van der Waals surface area (Å²) in [6, 6.07) is 0. The van der Waals surface area contributed by atoms with Crippen LogP contribution in [0.2, 0.25) is 0 Å². The van der Waals surface area contributed by atoms with E-state index >= 15 is 0 Å². The SMILES string of the molecule is CC1CCC(c2nc3c(c(=O)[nH]2)CCCC3)CC1. The quantitative estimate of drug-likeness (QED) is 0.828. The van der Waals surface area contributed by atoms with Crippen molar-refractivity contribution >= 4 is 0 Å². The minimum Gasteiger partial charge on any atom is -0.310 e. The highest BCUT2D eigenvalue weighted by Gasteiger charge is 2.23. The summed E-state index contributed by atoms with van der Waals surface area (Å²) in [5, 5.41) is 0. The maximum Gasteiger partial charge on any atom is 0.254 e. The van der Waals surface area contributed by atoms with Crippen LogP contribution in [0, 0.1) is 5.92 Å². The molecular weight excluding hydrogens is 224 g/mol. The maximum atomic E-state index is 12.1. The second kappa shape index (κ2) is 4.87. The van der Waals surface area contributed by atoms with Gasteiger partial charge >= 0.3 is 0 Å². The van der Waals surface area contributed by atoms with Gasteiger partial charge in [-0.3, -0.25) is 4.79 Å². The van der Waals surface area contributed by atoms with Gasteiger partial charge in [0, 0.05) is 11.5 Å². The first-order chi connectivity index (χ1) is 8.74. The molecule has 3 nitrogen and oxygen atoms in total. The Morgan fingerprint density at radius 1 is 1.11 bits per heavy atom. The van der Waals surface area contributed by atoms with Crippen LogP contribution in [0.5, 0.6) is 0 Å². The van der Waals surface area contributed by atoms with Gasteiger partial charge in [0.1, 0.15) is 5.82 Å². The predicted octanol–water partition coefficient (Wildman–Crippen LogP) is 2.94. The molecule has 0 bridgehead atoms. The van der Waals surface area contributed by atoms with Crippen molar-refractivity contribution in [1.82, 2.24) is 9.97 Å². The van der Waals surface area contributed by atoms with Crippen LogP contribution in [0.25, 0.3) is 0 Å². The van der Waals surface area contributed by atoms with Crippen molar-refractivity contribution in [3.05, 3.63) is 27.4 Å². The lowest BCUT2D eigenvalue weighted by atomic mass is 9.82. The third-order valence-corrected chi connectivity index (χ3v) is 4.61. The fourth-order valence-electron chi connectivity index (χ4n) is 3.35. The van der Waals surface area contributed by atoms with E-state index in [1.807, 2.05) is 0 Å². The molecular formula is C15H22N2O. The van der Waals surface area contributed by atoms with Gasteiger partial charge in [-0.1, -0.05) is 19.8 Å². The summed E-state index contributed by atoms with van der Waals surface area (Å²) in [5.41, 5.74) is 2.17. The first-order valence-electron chi connectivity index (χ1n) is 7.36. The molecule has 98 valence electrons. The van der Waals surface area contributed by atoms with E-state index < -0.39 is 0 Å². The summed E-state index contributed by atoms with van der Waals surface area (Å²) >= 11 is 0. The van der Waals surface area contributed by atoms with Crippen molar-refractivity contribution in [3.8, 4) is 0 Å². The average molecular weight is 246 g/mol. The Kier molecular flexibility index (Phi) is 3.23. The van der Waals surface area contributed by atoms with Gasteiger partial charge in [0.2, 0.25) is 0 Å². The molecule has 0 spiro atoms. The second-order valence-corrected chi connectivity index (χ2v) is 6.04. The van der Waals surface area contributed by atoms with Crippen LogP contribution in [0.15, 0.2) is 4.79 Å². The number of hydrogen-bond acceptors (Lipinski definition) is 2. The maximum absolute atomic E-state index is 12.1. The van der Waals surface area contributed by atoms with Gasteiger partial charge in [0.15, 0.2) is 0 Å². The molecule has 0 atom stereocenters. The lowest BCUT2D eigenvalue weighted by molar-refractivity contribution is 0.338. The largest absolute Gasteiger partial charge is 0.310 e. The summed E-state index contributed by atoms with van der Waals surface area (Å²) in [4.78, 5) is 19.9. The molecule has 0 amide bonds. The zero-order chi connectivity index (χ0) is 12.5. The molecule has 2 aliphatic rings. The number of nitrogens with one attached hydrogen (secondary N) is 1. The van der Waals surface area contributed by atoms with Gasteiger partial charge in [-0.25, -0.2) is 4.98 Å². The van der Waals surface area contributed by atoms with Crippen molar-refractivity contribution < 1.29 is 0 Å². The van der Waals surface area contributed by atoms with Gasteiger partial charge in [0.25, 0.3) is 5.56 Å². The topological polar surface area (TPSA) is 45.8 Å². The Hall–Kier alpha value is -1.12. The van der Waals surface area contributed by atoms with E-state index in [0.717, 1.165) is 42.3 Å². The monoisotopic (exact) mass is 246 g/mol. The summed E-state index contributed by atoms with van der Waals surface area (Å²) < 4.78 is 0. The zero-order valence-electron chi connectivity index (χ0n) is 11.2. The van der Waals surface area contributed by atoms with E-state index in [1.165, 1.54) is 32.1 Å². The van der Waals surface area contributed by atoms with E-state index in [9.17, 15) is 4.79 Å². The van der Waals surface area contributed by atoms with Crippen molar-refractivity contribution in [1.29, 1.82) is 0 Å².